The molecule has 2 aromatic rings. The Bertz CT molecular complexity index is 568. The monoisotopic (exact) mass is 285 g/mol. The molecule has 2 aromatic heterocycles. The number of rotatable bonds is 6. The van der Waals surface area contributed by atoms with Gasteiger partial charge < -0.3 is 9.80 Å². The molecule has 0 aliphatic heterocycles. The summed E-state index contributed by atoms with van der Waals surface area (Å²) in [7, 11) is 6.23. The van der Waals surface area contributed by atoms with E-state index in [4.69, 9.17) is 4.98 Å². The average Bonchev–Trinajstić information content (AvgIpc) is 2.52. The molecule has 5 nitrogen and oxygen atoms in total. The highest BCUT2D eigenvalue weighted by atomic mass is 15.2. The predicted octanol–water partition coefficient (Wildman–Crippen LogP) is 2.10. The summed E-state index contributed by atoms with van der Waals surface area (Å²) in [6.07, 6.45) is 4.44. The summed E-state index contributed by atoms with van der Waals surface area (Å²) in [4.78, 5) is 17.7. The molecule has 0 aliphatic rings. The van der Waals surface area contributed by atoms with Gasteiger partial charge in [-0.3, -0.25) is 4.98 Å². The Morgan fingerprint density at radius 2 is 1.71 bits per heavy atom. The minimum absolute atomic E-state index is 0.767. The summed E-state index contributed by atoms with van der Waals surface area (Å²) in [6, 6.07) is 5.96. The van der Waals surface area contributed by atoms with Crippen molar-refractivity contribution < 1.29 is 0 Å². The number of hydrogen-bond acceptors (Lipinski definition) is 5. The zero-order valence-corrected chi connectivity index (χ0v) is 13.2. The van der Waals surface area contributed by atoms with Gasteiger partial charge >= 0.3 is 0 Å². The molecule has 0 fully saturated rings. The zero-order valence-electron chi connectivity index (χ0n) is 13.2. The van der Waals surface area contributed by atoms with E-state index in [1.165, 1.54) is 0 Å². The van der Waals surface area contributed by atoms with Crippen LogP contribution in [0.25, 0.3) is 11.4 Å². The Labute approximate surface area is 126 Å². The van der Waals surface area contributed by atoms with E-state index in [9.17, 15) is 0 Å². The van der Waals surface area contributed by atoms with Gasteiger partial charge in [-0.25, -0.2) is 9.97 Å². The SMILES string of the molecule is CCc1cc(N(C)CCN(C)C)nc(-c2ccncc2)n1. The molecule has 0 amide bonds. The maximum atomic E-state index is 4.70. The van der Waals surface area contributed by atoms with Gasteiger partial charge in [-0.05, 0) is 32.6 Å². The fraction of sp³-hybridized carbons (Fsp3) is 0.438. The Balaban J connectivity index is 2.29. The second-order valence-corrected chi connectivity index (χ2v) is 5.36. The van der Waals surface area contributed by atoms with Crippen LogP contribution in [0.3, 0.4) is 0 Å². The first kappa shape index (κ1) is 15.4. The van der Waals surface area contributed by atoms with Crippen molar-refractivity contribution in [3.63, 3.8) is 0 Å². The number of nitrogens with zero attached hydrogens (tertiary/aromatic N) is 5. The molecule has 0 aromatic carbocycles. The summed E-state index contributed by atoms with van der Waals surface area (Å²) in [5.41, 5.74) is 2.06. The van der Waals surface area contributed by atoms with Crippen molar-refractivity contribution in [3.05, 3.63) is 36.3 Å². The third kappa shape index (κ3) is 4.23. The summed E-state index contributed by atoms with van der Waals surface area (Å²) in [5.74, 6) is 1.74. The van der Waals surface area contributed by atoms with E-state index in [1.54, 1.807) is 12.4 Å². The largest absolute Gasteiger partial charge is 0.358 e. The van der Waals surface area contributed by atoms with E-state index >= 15 is 0 Å². The number of hydrogen-bond donors (Lipinski definition) is 0. The number of aryl methyl sites for hydroxylation is 1. The van der Waals surface area contributed by atoms with E-state index < -0.39 is 0 Å². The molecule has 0 saturated carbocycles. The van der Waals surface area contributed by atoms with Crippen molar-refractivity contribution in [2.24, 2.45) is 0 Å². The van der Waals surface area contributed by atoms with Crippen molar-refractivity contribution in [1.82, 2.24) is 19.9 Å². The lowest BCUT2D eigenvalue weighted by atomic mass is 10.2. The molecule has 21 heavy (non-hydrogen) atoms. The third-order valence-corrected chi connectivity index (χ3v) is 3.34. The van der Waals surface area contributed by atoms with Crippen molar-refractivity contribution in [2.75, 3.05) is 39.1 Å². The highest BCUT2D eigenvalue weighted by Crippen LogP contribution is 2.19. The van der Waals surface area contributed by atoms with Crippen molar-refractivity contribution >= 4 is 5.82 Å². The third-order valence-electron chi connectivity index (χ3n) is 3.34. The summed E-state index contributed by atoms with van der Waals surface area (Å²) >= 11 is 0. The lowest BCUT2D eigenvalue weighted by Gasteiger charge is -2.21. The van der Waals surface area contributed by atoms with E-state index in [1.807, 2.05) is 12.1 Å². The zero-order chi connectivity index (χ0) is 15.2. The second-order valence-electron chi connectivity index (χ2n) is 5.36. The minimum Gasteiger partial charge on any atom is -0.358 e. The first-order valence-electron chi connectivity index (χ1n) is 7.24. The van der Waals surface area contributed by atoms with Gasteiger partial charge in [-0.2, -0.15) is 0 Å². The highest BCUT2D eigenvalue weighted by molar-refractivity contribution is 5.57. The maximum Gasteiger partial charge on any atom is 0.161 e. The van der Waals surface area contributed by atoms with E-state index in [0.717, 1.165) is 42.4 Å². The van der Waals surface area contributed by atoms with Gasteiger partial charge in [-0.1, -0.05) is 6.92 Å². The van der Waals surface area contributed by atoms with Crippen LogP contribution in [0.2, 0.25) is 0 Å². The van der Waals surface area contributed by atoms with Crippen LogP contribution >= 0.6 is 0 Å². The molecule has 0 spiro atoms. The Morgan fingerprint density at radius 1 is 1.00 bits per heavy atom. The first-order valence-corrected chi connectivity index (χ1v) is 7.24. The quantitative estimate of drug-likeness (QED) is 0.813. The van der Waals surface area contributed by atoms with Crippen LogP contribution in [-0.2, 0) is 6.42 Å². The van der Waals surface area contributed by atoms with Gasteiger partial charge in [0, 0.05) is 49.9 Å². The lowest BCUT2D eigenvalue weighted by molar-refractivity contribution is 0.416. The summed E-state index contributed by atoms with van der Waals surface area (Å²) < 4.78 is 0. The molecule has 2 rings (SSSR count). The van der Waals surface area contributed by atoms with Crippen molar-refractivity contribution in [1.29, 1.82) is 0 Å². The van der Waals surface area contributed by atoms with E-state index in [0.29, 0.717) is 0 Å². The standard InChI is InChI=1S/C16H23N5/c1-5-14-12-15(21(4)11-10-20(2)3)19-16(18-14)13-6-8-17-9-7-13/h6-9,12H,5,10-11H2,1-4H3. The normalized spacial score (nSPS) is 10.9. The Morgan fingerprint density at radius 3 is 2.33 bits per heavy atom. The smallest absolute Gasteiger partial charge is 0.161 e. The van der Waals surface area contributed by atoms with Gasteiger partial charge in [0.2, 0.25) is 0 Å². The number of likely N-dealkylation sites (N-methyl/N-ethyl adjacent to an activating group) is 2. The number of aromatic nitrogens is 3. The van der Waals surface area contributed by atoms with Crippen LogP contribution in [0.4, 0.5) is 5.82 Å². The molecule has 5 heteroatoms. The second kappa shape index (κ2) is 7.13. The topological polar surface area (TPSA) is 45.2 Å². The fourth-order valence-corrected chi connectivity index (χ4v) is 1.95. The summed E-state index contributed by atoms with van der Waals surface area (Å²) in [6.45, 7) is 4.04. The van der Waals surface area contributed by atoms with Crippen molar-refractivity contribution in [3.8, 4) is 11.4 Å². The molecular weight excluding hydrogens is 262 g/mol. The van der Waals surface area contributed by atoms with Gasteiger partial charge in [0.05, 0.1) is 0 Å². The minimum atomic E-state index is 0.767. The molecule has 2 heterocycles. The molecule has 0 bridgehead atoms. The van der Waals surface area contributed by atoms with Crippen LogP contribution in [-0.4, -0.2) is 54.1 Å². The molecule has 0 radical (unpaired) electrons. The molecule has 0 saturated heterocycles. The summed E-state index contributed by atoms with van der Waals surface area (Å²) in [5, 5.41) is 0. The van der Waals surface area contributed by atoms with Gasteiger partial charge in [0.15, 0.2) is 5.82 Å². The fourth-order valence-electron chi connectivity index (χ4n) is 1.95. The van der Waals surface area contributed by atoms with E-state index in [-0.39, 0.29) is 0 Å². The number of pyridine rings is 1. The molecule has 112 valence electrons. The highest BCUT2D eigenvalue weighted by Gasteiger charge is 2.09. The van der Waals surface area contributed by atoms with Crippen LogP contribution in [0.15, 0.2) is 30.6 Å². The van der Waals surface area contributed by atoms with Crippen LogP contribution in [0.5, 0.6) is 0 Å². The van der Waals surface area contributed by atoms with Gasteiger partial charge in [-0.15, -0.1) is 0 Å². The molecule has 0 unspecified atom stereocenters. The van der Waals surface area contributed by atoms with Crippen LogP contribution in [0.1, 0.15) is 12.6 Å². The first-order chi connectivity index (χ1) is 10.1. The van der Waals surface area contributed by atoms with Gasteiger partial charge in [0.1, 0.15) is 5.82 Å². The van der Waals surface area contributed by atoms with Crippen LogP contribution in [0, 0.1) is 0 Å². The molecular formula is C16H23N5. The van der Waals surface area contributed by atoms with Crippen molar-refractivity contribution in [2.45, 2.75) is 13.3 Å². The molecule has 0 aliphatic carbocycles. The average molecular weight is 285 g/mol. The predicted molar refractivity (Wildman–Crippen MR) is 86.5 cm³/mol. The number of anilines is 1. The molecule has 0 N–H and O–H groups in total. The molecule has 0 atom stereocenters. The van der Waals surface area contributed by atoms with Gasteiger partial charge in [0.25, 0.3) is 0 Å². The lowest BCUT2D eigenvalue weighted by Crippen LogP contribution is -2.29. The van der Waals surface area contributed by atoms with E-state index in [2.05, 4.69) is 53.9 Å². The van der Waals surface area contributed by atoms with Crippen LogP contribution < -0.4 is 4.90 Å². The Kier molecular flexibility index (Phi) is 5.22. The maximum absolute atomic E-state index is 4.70. The Hall–Kier alpha value is -2.01.